The summed E-state index contributed by atoms with van der Waals surface area (Å²) in [6.45, 7) is 2.76. The van der Waals surface area contributed by atoms with E-state index in [9.17, 15) is 45.6 Å². The minimum Gasteiger partial charge on any atom is -0.394 e. The molecule has 9 N–H and O–H groups in total. The van der Waals surface area contributed by atoms with Crippen LogP contribution in [-0.2, 0) is 23.7 Å². The van der Waals surface area contributed by atoms with Crippen molar-refractivity contribution in [1.29, 1.82) is 0 Å². The molecule has 2 fully saturated rings. The monoisotopic (exact) mass is 970 g/mol. The van der Waals surface area contributed by atoms with Crippen LogP contribution in [0.15, 0.2) is 36.5 Å². The summed E-state index contributed by atoms with van der Waals surface area (Å²) in [5.41, 5.74) is 0. The molecular formula is C54H99NO13. The number of ether oxygens (including phenoxy) is 4. The lowest BCUT2D eigenvalue weighted by atomic mass is 9.97. The van der Waals surface area contributed by atoms with Crippen molar-refractivity contribution in [3.8, 4) is 0 Å². The summed E-state index contributed by atoms with van der Waals surface area (Å²) in [6.07, 6.45) is 30.4. The Hall–Kier alpha value is -1.79. The second-order valence-corrected chi connectivity index (χ2v) is 19.3. The fourth-order valence-electron chi connectivity index (χ4n) is 8.85. The predicted octanol–water partition coefficient (Wildman–Crippen LogP) is 7.88. The largest absolute Gasteiger partial charge is 0.394 e. The lowest BCUT2D eigenvalue weighted by Gasteiger charge is -2.46. The molecule has 2 aliphatic heterocycles. The molecule has 2 rings (SSSR count). The van der Waals surface area contributed by atoms with Gasteiger partial charge >= 0.3 is 0 Å². The molecule has 2 aliphatic rings. The predicted molar refractivity (Wildman–Crippen MR) is 268 cm³/mol. The highest BCUT2D eigenvalue weighted by Gasteiger charge is 2.51. The van der Waals surface area contributed by atoms with Gasteiger partial charge in [-0.2, -0.15) is 0 Å². The molecule has 0 bridgehead atoms. The first-order chi connectivity index (χ1) is 33.1. The van der Waals surface area contributed by atoms with E-state index in [-0.39, 0.29) is 18.9 Å². The van der Waals surface area contributed by atoms with Crippen molar-refractivity contribution in [2.24, 2.45) is 0 Å². The van der Waals surface area contributed by atoms with Gasteiger partial charge in [0, 0.05) is 6.42 Å². The normalized spacial score (nSPS) is 26.6. The second kappa shape index (κ2) is 40.8. The van der Waals surface area contributed by atoms with Crippen molar-refractivity contribution in [2.45, 2.75) is 280 Å². The standard InChI is InChI=1S/C54H99NO13/c1-3-5-7-9-11-13-15-17-19-20-21-22-24-26-28-30-32-34-36-38-46(59)55-42(43(58)37-35-33-31-29-27-25-23-18-16-14-12-10-8-6-4-2)41-65-53-51(64)49(62)52(45(40-57)67-53)68-54-50(63)48(61)47(60)44(39-56)66-54/h16,18,27,29,35,37,42-45,47-54,56-58,60-64H,3-15,17,19-26,28,30-34,36,38-41H2,1-2H3,(H,55,59)/b18-16+,29-27+,37-35+. The summed E-state index contributed by atoms with van der Waals surface area (Å²) < 4.78 is 22.7. The molecule has 0 aliphatic carbocycles. The maximum absolute atomic E-state index is 13.2. The van der Waals surface area contributed by atoms with E-state index in [2.05, 4.69) is 43.5 Å². The molecule has 2 saturated heterocycles. The summed E-state index contributed by atoms with van der Waals surface area (Å²) in [7, 11) is 0. The molecule has 0 aromatic heterocycles. The highest BCUT2D eigenvalue weighted by molar-refractivity contribution is 5.76. The van der Waals surface area contributed by atoms with Crippen LogP contribution < -0.4 is 5.32 Å². The Balaban J connectivity index is 1.83. The maximum Gasteiger partial charge on any atom is 0.220 e. The maximum atomic E-state index is 13.2. The first kappa shape index (κ1) is 62.3. The zero-order valence-electron chi connectivity index (χ0n) is 42.3. The van der Waals surface area contributed by atoms with E-state index in [1.165, 1.54) is 128 Å². The van der Waals surface area contributed by atoms with Gasteiger partial charge in [0.2, 0.25) is 5.91 Å². The van der Waals surface area contributed by atoms with E-state index in [0.29, 0.717) is 12.8 Å². The van der Waals surface area contributed by atoms with Crippen LogP contribution >= 0.6 is 0 Å². The van der Waals surface area contributed by atoms with Gasteiger partial charge in [0.1, 0.15) is 48.8 Å². The van der Waals surface area contributed by atoms with Crippen LogP contribution in [-0.4, -0.2) is 140 Å². The topological polar surface area (TPSA) is 228 Å². The van der Waals surface area contributed by atoms with Gasteiger partial charge in [0.25, 0.3) is 0 Å². The third-order valence-corrected chi connectivity index (χ3v) is 13.3. The van der Waals surface area contributed by atoms with Gasteiger partial charge in [0.15, 0.2) is 12.6 Å². The fraction of sp³-hybridized carbons (Fsp3) is 0.870. The van der Waals surface area contributed by atoms with Crippen LogP contribution in [0.5, 0.6) is 0 Å². The first-order valence-electron chi connectivity index (χ1n) is 27.2. The quantitative estimate of drug-likeness (QED) is 0.0210. The van der Waals surface area contributed by atoms with Gasteiger partial charge in [-0.1, -0.05) is 192 Å². The molecular weight excluding hydrogens is 871 g/mol. The SMILES string of the molecule is CCCCCCC/C=C/CC/C=C/CC/C=C/C(O)C(COC1OC(CO)C(OC2OC(CO)C(O)C(O)C2O)C(O)C1O)NC(=O)CCCCCCCCCCCCCCCCCCCCC. The average Bonchev–Trinajstić information content (AvgIpc) is 3.34. The zero-order chi connectivity index (χ0) is 49.6. The Morgan fingerprint density at radius 2 is 0.941 bits per heavy atom. The number of rotatable bonds is 42. The molecule has 0 spiro atoms. The van der Waals surface area contributed by atoms with Crippen LogP contribution in [0.25, 0.3) is 0 Å². The molecule has 12 atom stereocenters. The molecule has 12 unspecified atom stereocenters. The molecule has 68 heavy (non-hydrogen) atoms. The number of allylic oxidation sites excluding steroid dienone is 5. The second-order valence-electron chi connectivity index (χ2n) is 19.3. The Labute approximate surface area is 411 Å². The Kier molecular flexibility index (Phi) is 37.4. The number of unbranched alkanes of at least 4 members (excludes halogenated alkanes) is 25. The molecule has 2 heterocycles. The first-order valence-corrected chi connectivity index (χ1v) is 27.2. The molecule has 0 saturated carbocycles. The van der Waals surface area contributed by atoms with Crippen LogP contribution in [0.3, 0.4) is 0 Å². The molecule has 0 aromatic carbocycles. The van der Waals surface area contributed by atoms with Gasteiger partial charge in [-0.05, 0) is 44.9 Å². The third-order valence-electron chi connectivity index (χ3n) is 13.3. The van der Waals surface area contributed by atoms with E-state index >= 15 is 0 Å². The molecule has 0 aromatic rings. The van der Waals surface area contributed by atoms with Gasteiger partial charge in [-0.3, -0.25) is 4.79 Å². The summed E-state index contributed by atoms with van der Waals surface area (Å²) in [4.78, 5) is 13.2. The lowest BCUT2D eigenvalue weighted by Crippen LogP contribution is -2.65. The summed E-state index contributed by atoms with van der Waals surface area (Å²) >= 11 is 0. The Morgan fingerprint density at radius 1 is 0.515 bits per heavy atom. The number of amides is 1. The highest BCUT2D eigenvalue weighted by atomic mass is 16.7. The van der Waals surface area contributed by atoms with Crippen molar-refractivity contribution in [3.63, 3.8) is 0 Å². The van der Waals surface area contributed by atoms with E-state index in [0.717, 1.165) is 44.9 Å². The Morgan fingerprint density at radius 3 is 1.44 bits per heavy atom. The van der Waals surface area contributed by atoms with Crippen LogP contribution in [0, 0.1) is 0 Å². The number of hydrogen-bond donors (Lipinski definition) is 9. The molecule has 398 valence electrons. The molecule has 14 heteroatoms. The van der Waals surface area contributed by atoms with E-state index < -0.39 is 86.8 Å². The van der Waals surface area contributed by atoms with E-state index in [1.807, 2.05) is 6.08 Å². The van der Waals surface area contributed by atoms with Crippen molar-refractivity contribution in [1.82, 2.24) is 5.32 Å². The van der Waals surface area contributed by atoms with Crippen molar-refractivity contribution in [2.75, 3.05) is 19.8 Å². The summed E-state index contributed by atoms with van der Waals surface area (Å²) in [5.74, 6) is -0.252. The number of aliphatic hydroxyl groups excluding tert-OH is 8. The number of carbonyl (C=O) groups is 1. The molecule has 0 radical (unpaired) electrons. The number of aliphatic hydroxyl groups is 8. The van der Waals surface area contributed by atoms with Gasteiger partial charge in [-0.25, -0.2) is 0 Å². The zero-order valence-corrected chi connectivity index (χ0v) is 42.3. The van der Waals surface area contributed by atoms with Crippen LogP contribution in [0.2, 0.25) is 0 Å². The van der Waals surface area contributed by atoms with Crippen molar-refractivity contribution in [3.05, 3.63) is 36.5 Å². The van der Waals surface area contributed by atoms with Gasteiger partial charge in [0.05, 0.1) is 32.0 Å². The minimum absolute atomic E-state index is 0.252. The summed E-state index contributed by atoms with van der Waals surface area (Å²) in [5, 5.41) is 86.8. The molecule has 1 amide bonds. The minimum atomic E-state index is -1.79. The lowest BCUT2D eigenvalue weighted by molar-refractivity contribution is -0.359. The number of hydrogen-bond acceptors (Lipinski definition) is 13. The van der Waals surface area contributed by atoms with Gasteiger partial charge < -0.3 is 65.1 Å². The van der Waals surface area contributed by atoms with Gasteiger partial charge in [-0.15, -0.1) is 0 Å². The van der Waals surface area contributed by atoms with E-state index in [4.69, 9.17) is 18.9 Å². The van der Waals surface area contributed by atoms with E-state index in [1.54, 1.807) is 6.08 Å². The molecule has 14 nitrogen and oxygen atoms in total. The fourth-order valence-corrected chi connectivity index (χ4v) is 8.85. The van der Waals surface area contributed by atoms with Crippen LogP contribution in [0.4, 0.5) is 0 Å². The number of carbonyl (C=O) groups excluding carboxylic acids is 1. The van der Waals surface area contributed by atoms with Crippen molar-refractivity contribution >= 4 is 5.91 Å². The number of nitrogens with one attached hydrogen (secondary N) is 1. The highest BCUT2D eigenvalue weighted by Crippen LogP contribution is 2.30. The Bertz CT molecular complexity index is 1280. The van der Waals surface area contributed by atoms with Crippen LogP contribution in [0.1, 0.15) is 206 Å². The average molecular weight is 970 g/mol. The van der Waals surface area contributed by atoms with Crippen molar-refractivity contribution < 1.29 is 64.6 Å². The third kappa shape index (κ3) is 27.1. The smallest absolute Gasteiger partial charge is 0.220 e. The summed E-state index contributed by atoms with van der Waals surface area (Å²) in [6, 6.07) is -0.934.